The highest BCUT2D eigenvalue weighted by Crippen LogP contribution is 2.26. The van der Waals surface area contributed by atoms with Crippen LogP contribution in [-0.4, -0.2) is 20.3 Å². The summed E-state index contributed by atoms with van der Waals surface area (Å²) in [6.45, 7) is 4.20. The summed E-state index contributed by atoms with van der Waals surface area (Å²) in [5, 5.41) is 3.18. The van der Waals surface area contributed by atoms with Gasteiger partial charge < -0.3 is 10.1 Å². The number of benzene rings is 1. The molecule has 1 aromatic carbocycles. The summed E-state index contributed by atoms with van der Waals surface area (Å²) in [6, 6.07) is 6.36. The molecule has 1 N–H and O–H groups in total. The Morgan fingerprint density at radius 2 is 2.19 bits per heavy atom. The zero-order valence-electron chi connectivity index (χ0n) is 10.2. The quantitative estimate of drug-likeness (QED) is 0.751. The molecule has 0 aliphatic rings. The third kappa shape index (κ3) is 3.49. The van der Waals surface area contributed by atoms with Crippen LogP contribution in [0.1, 0.15) is 30.5 Å². The highest BCUT2D eigenvalue weighted by atomic mass is 19.1. The van der Waals surface area contributed by atoms with E-state index in [-0.39, 0.29) is 12.7 Å². The average Bonchev–Trinajstić information content (AvgIpc) is 2.29. The maximum absolute atomic E-state index is 12.0. The average molecular weight is 225 g/mol. The van der Waals surface area contributed by atoms with Crippen molar-refractivity contribution < 1.29 is 9.13 Å². The summed E-state index contributed by atoms with van der Waals surface area (Å²) in [7, 11) is 1.91. The normalized spacial score (nSPS) is 12.5. The van der Waals surface area contributed by atoms with Crippen molar-refractivity contribution in [1.82, 2.24) is 5.32 Å². The molecule has 0 heterocycles. The van der Waals surface area contributed by atoms with Crippen LogP contribution in [0.25, 0.3) is 0 Å². The van der Waals surface area contributed by atoms with Crippen molar-refractivity contribution in [2.24, 2.45) is 0 Å². The molecule has 0 fully saturated rings. The Morgan fingerprint density at radius 3 is 2.81 bits per heavy atom. The number of ether oxygens (including phenoxy) is 1. The molecule has 90 valence electrons. The minimum Gasteiger partial charge on any atom is -0.493 e. The first-order valence-corrected chi connectivity index (χ1v) is 5.65. The van der Waals surface area contributed by atoms with Crippen LogP contribution < -0.4 is 10.1 Å². The van der Waals surface area contributed by atoms with E-state index in [1.165, 1.54) is 0 Å². The number of nitrogens with one attached hydrogen (secondary N) is 1. The lowest BCUT2D eigenvalue weighted by atomic mass is 10.1. The van der Waals surface area contributed by atoms with Gasteiger partial charge in [0.25, 0.3) is 0 Å². The first-order chi connectivity index (χ1) is 7.69. The molecular weight excluding hydrogens is 205 g/mol. The van der Waals surface area contributed by atoms with Crippen LogP contribution in [0.3, 0.4) is 0 Å². The van der Waals surface area contributed by atoms with Crippen molar-refractivity contribution in [2.45, 2.75) is 26.3 Å². The maximum Gasteiger partial charge on any atom is 0.124 e. The molecule has 0 aromatic heterocycles. The summed E-state index contributed by atoms with van der Waals surface area (Å²) in [4.78, 5) is 0. The molecule has 1 unspecified atom stereocenters. The highest BCUT2D eigenvalue weighted by molar-refractivity contribution is 5.39. The summed E-state index contributed by atoms with van der Waals surface area (Å²) in [5.41, 5.74) is 2.27. The first kappa shape index (κ1) is 13.0. The minimum atomic E-state index is -0.331. The Kier molecular flexibility index (Phi) is 5.26. The van der Waals surface area contributed by atoms with Gasteiger partial charge >= 0.3 is 0 Å². The van der Waals surface area contributed by atoms with E-state index in [0.717, 1.165) is 16.9 Å². The molecule has 0 saturated heterocycles. The van der Waals surface area contributed by atoms with Gasteiger partial charge in [-0.1, -0.05) is 12.1 Å². The Labute approximate surface area is 96.8 Å². The van der Waals surface area contributed by atoms with Gasteiger partial charge in [-0.25, -0.2) is 0 Å². The van der Waals surface area contributed by atoms with E-state index in [2.05, 4.69) is 24.4 Å². The van der Waals surface area contributed by atoms with Crippen LogP contribution in [0.5, 0.6) is 5.75 Å². The van der Waals surface area contributed by atoms with Crippen LogP contribution >= 0.6 is 0 Å². The fourth-order valence-electron chi connectivity index (χ4n) is 1.52. The predicted molar refractivity (Wildman–Crippen MR) is 64.7 cm³/mol. The Bertz CT molecular complexity index is 328. The lowest BCUT2D eigenvalue weighted by Crippen LogP contribution is -2.14. The van der Waals surface area contributed by atoms with E-state index in [4.69, 9.17) is 4.74 Å². The van der Waals surface area contributed by atoms with Gasteiger partial charge in [0.05, 0.1) is 13.3 Å². The Morgan fingerprint density at radius 1 is 1.44 bits per heavy atom. The Balaban J connectivity index is 2.81. The van der Waals surface area contributed by atoms with Crippen LogP contribution in [0, 0.1) is 6.92 Å². The first-order valence-electron chi connectivity index (χ1n) is 5.65. The summed E-state index contributed by atoms with van der Waals surface area (Å²) in [6.07, 6.45) is 0.446. The lowest BCUT2D eigenvalue weighted by Gasteiger charge is -2.17. The molecular formula is C13H20FNO. The smallest absolute Gasteiger partial charge is 0.124 e. The molecule has 1 rings (SSSR count). The standard InChI is InChI=1S/C13H20FNO/c1-10-5-6-12(11(2)15-3)13(9-10)16-8-4-7-14/h5-6,9,11,15H,4,7-8H2,1-3H3. The third-order valence-electron chi connectivity index (χ3n) is 2.60. The van der Waals surface area contributed by atoms with E-state index in [1.807, 2.05) is 20.0 Å². The van der Waals surface area contributed by atoms with Crippen molar-refractivity contribution in [3.8, 4) is 5.75 Å². The molecule has 1 aromatic rings. The molecule has 0 aliphatic carbocycles. The second kappa shape index (κ2) is 6.48. The van der Waals surface area contributed by atoms with Crippen LogP contribution in [-0.2, 0) is 0 Å². The molecule has 0 spiro atoms. The van der Waals surface area contributed by atoms with E-state index in [1.54, 1.807) is 0 Å². The number of aryl methyl sites for hydroxylation is 1. The SMILES string of the molecule is CNC(C)c1ccc(C)cc1OCCCF. The fourth-order valence-corrected chi connectivity index (χ4v) is 1.52. The number of rotatable bonds is 6. The molecule has 3 heteroatoms. The molecule has 0 bridgehead atoms. The molecule has 0 amide bonds. The van der Waals surface area contributed by atoms with E-state index in [0.29, 0.717) is 13.0 Å². The van der Waals surface area contributed by atoms with Crippen molar-refractivity contribution in [2.75, 3.05) is 20.3 Å². The Hall–Kier alpha value is -1.09. The molecule has 0 saturated carbocycles. The number of hydrogen-bond donors (Lipinski definition) is 1. The predicted octanol–water partition coefficient (Wildman–Crippen LogP) is 3.01. The topological polar surface area (TPSA) is 21.3 Å². The monoisotopic (exact) mass is 225 g/mol. The highest BCUT2D eigenvalue weighted by Gasteiger charge is 2.09. The summed E-state index contributed by atoms with van der Waals surface area (Å²) < 4.78 is 17.6. The zero-order valence-corrected chi connectivity index (χ0v) is 10.2. The number of halogens is 1. The minimum absolute atomic E-state index is 0.237. The molecule has 2 nitrogen and oxygen atoms in total. The van der Waals surface area contributed by atoms with Crippen molar-refractivity contribution in [3.63, 3.8) is 0 Å². The molecule has 0 radical (unpaired) electrons. The largest absolute Gasteiger partial charge is 0.493 e. The van der Waals surface area contributed by atoms with Gasteiger partial charge in [-0.2, -0.15) is 0 Å². The van der Waals surface area contributed by atoms with E-state index < -0.39 is 0 Å². The second-order valence-electron chi connectivity index (χ2n) is 3.94. The summed E-state index contributed by atoms with van der Waals surface area (Å²) >= 11 is 0. The number of alkyl halides is 1. The lowest BCUT2D eigenvalue weighted by molar-refractivity contribution is 0.285. The molecule has 0 aliphatic heterocycles. The van der Waals surface area contributed by atoms with Crippen molar-refractivity contribution >= 4 is 0 Å². The van der Waals surface area contributed by atoms with E-state index >= 15 is 0 Å². The molecule has 1 atom stereocenters. The zero-order chi connectivity index (χ0) is 12.0. The van der Waals surface area contributed by atoms with Gasteiger partial charge in [-0.3, -0.25) is 4.39 Å². The molecule has 16 heavy (non-hydrogen) atoms. The van der Waals surface area contributed by atoms with Gasteiger partial charge in [0.1, 0.15) is 5.75 Å². The van der Waals surface area contributed by atoms with Crippen LogP contribution in [0.4, 0.5) is 4.39 Å². The van der Waals surface area contributed by atoms with Crippen molar-refractivity contribution in [1.29, 1.82) is 0 Å². The van der Waals surface area contributed by atoms with Gasteiger partial charge in [0.15, 0.2) is 0 Å². The van der Waals surface area contributed by atoms with Gasteiger partial charge in [0.2, 0.25) is 0 Å². The van der Waals surface area contributed by atoms with Gasteiger partial charge in [0, 0.05) is 18.0 Å². The van der Waals surface area contributed by atoms with E-state index in [9.17, 15) is 4.39 Å². The van der Waals surface area contributed by atoms with Gasteiger partial charge in [-0.15, -0.1) is 0 Å². The number of hydrogen-bond acceptors (Lipinski definition) is 2. The van der Waals surface area contributed by atoms with Crippen LogP contribution in [0.15, 0.2) is 18.2 Å². The van der Waals surface area contributed by atoms with Gasteiger partial charge in [-0.05, 0) is 32.5 Å². The second-order valence-corrected chi connectivity index (χ2v) is 3.94. The van der Waals surface area contributed by atoms with Crippen molar-refractivity contribution in [3.05, 3.63) is 29.3 Å². The fraction of sp³-hybridized carbons (Fsp3) is 0.538. The summed E-state index contributed by atoms with van der Waals surface area (Å²) in [5.74, 6) is 0.857. The third-order valence-corrected chi connectivity index (χ3v) is 2.60. The van der Waals surface area contributed by atoms with Crippen LogP contribution in [0.2, 0.25) is 0 Å². The maximum atomic E-state index is 12.0.